The summed E-state index contributed by atoms with van der Waals surface area (Å²) in [5.41, 5.74) is 0.493. The van der Waals surface area contributed by atoms with Crippen molar-refractivity contribution in [1.82, 2.24) is 15.1 Å². The lowest BCUT2D eigenvalue weighted by Crippen LogP contribution is -2.11. The average molecular weight is 392 g/mol. The minimum atomic E-state index is -0.825. The van der Waals surface area contributed by atoms with Crippen LogP contribution in [0.1, 0.15) is 29.3 Å². The first-order valence-corrected chi connectivity index (χ1v) is 7.74. The van der Waals surface area contributed by atoms with E-state index in [4.69, 9.17) is 9.26 Å². The minimum absolute atomic E-state index is 0.109. The van der Waals surface area contributed by atoms with Gasteiger partial charge < -0.3 is 9.26 Å². The number of aromatic nitrogens is 3. The molecule has 0 bridgehead atoms. The highest BCUT2D eigenvalue weighted by Crippen LogP contribution is 2.23. The molecule has 1 unspecified atom stereocenters. The van der Waals surface area contributed by atoms with E-state index in [1.807, 2.05) is 0 Å². The highest BCUT2D eigenvalue weighted by atomic mass is 79.9. The first-order valence-electron chi connectivity index (χ1n) is 6.94. The largest absolute Gasteiger partial charge is 0.449 e. The molecule has 0 aliphatic heterocycles. The number of benzene rings is 1. The number of pyridine rings is 1. The molecule has 0 spiro atoms. The predicted molar refractivity (Wildman–Crippen MR) is 85.5 cm³/mol. The molecular weight excluding hydrogens is 381 g/mol. The normalized spacial score (nSPS) is 12.0. The molecule has 2 aromatic heterocycles. The van der Waals surface area contributed by atoms with Gasteiger partial charge >= 0.3 is 5.97 Å². The van der Waals surface area contributed by atoms with Gasteiger partial charge in [-0.3, -0.25) is 4.98 Å². The molecule has 3 aromatic rings. The summed E-state index contributed by atoms with van der Waals surface area (Å²) in [5, 5.41) is 3.82. The van der Waals surface area contributed by atoms with Crippen LogP contribution in [-0.2, 0) is 4.74 Å². The van der Waals surface area contributed by atoms with Crippen LogP contribution in [0.15, 0.2) is 51.7 Å². The van der Waals surface area contributed by atoms with Gasteiger partial charge in [-0.15, -0.1) is 0 Å². The Kier molecular flexibility index (Phi) is 4.66. The van der Waals surface area contributed by atoms with E-state index in [1.165, 1.54) is 18.2 Å². The van der Waals surface area contributed by atoms with Crippen molar-refractivity contribution in [1.29, 1.82) is 0 Å². The monoisotopic (exact) mass is 391 g/mol. The van der Waals surface area contributed by atoms with E-state index in [0.29, 0.717) is 15.9 Å². The summed E-state index contributed by atoms with van der Waals surface area (Å²) in [6.45, 7) is 1.56. The van der Waals surface area contributed by atoms with Gasteiger partial charge in [0.05, 0.1) is 5.56 Å². The fourth-order valence-electron chi connectivity index (χ4n) is 1.94. The van der Waals surface area contributed by atoms with E-state index >= 15 is 0 Å². The number of rotatable bonds is 4. The molecule has 0 N–H and O–H groups in total. The van der Waals surface area contributed by atoms with E-state index in [2.05, 4.69) is 31.1 Å². The number of hydrogen-bond donors (Lipinski definition) is 0. The van der Waals surface area contributed by atoms with Crippen LogP contribution in [0.25, 0.3) is 11.4 Å². The van der Waals surface area contributed by atoms with Gasteiger partial charge in [-0.1, -0.05) is 21.1 Å². The molecule has 1 aromatic carbocycles. The molecular formula is C16H11BrFN3O3. The lowest BCUT2D eigenvalue weighted by Gasteiger charge is -2.09. The highest BCUT2D eigenvalue weighted by Gasteiger charge is 2.22. The van der Waals surface area contributed by atoms with Crippen molar-refractivity contribution < 1.29 is 18.4 Å². The Balaban J connectivity index is 1.75. The summed E-state index contributed by atoms with van der Waals surface area (Å²) in [6, 6.07) is 7.53. The minimum Gasteiger partial charge on any atom is -0.449 e. The van der Waals surface area contributed by atoms with Gasteiger partial charge in [0, 0.05) is 22.4 Å². The van der Waals surface area contributed by atoms with E-state index < -0.39 is 17.9 Å². The Bertz CT molecular complexity index is 870. The Morgan fingerprint density at radius 3 is 2.96 bits per heavy atom. The van der Waals surface area contributed by atoms with E-state index in [1.54, 1.807) is 31.5 Å². The maximum Gasteiger partial charge on any atom is 0.341 e. The topological polar surface area (TPSA) is 78.1 Å². The maximum absolute atomic E-state index is 13.7. The second-order valence-electron chi connectivity index (χ2n) is 4.87. The molecule has 0 saturated carbocycles. The molecule has 8 heteroatoms. The fraction of sp³-hybridized carbons (Fsp3) is 0.125. The van der Waals surface area contributed by atoms with Crippen LogP contribution in [0.4, 0.5) is 4.39 Å². The third-order valence-corrected chi connectivity index (χ3v) is 3.63. The Morgan fingerprint density at radius 1 is 1.38 bits per heavy atom. The molecule has 6 nitrogen and oxygen atoms in total. The Morgan fingerprint density at radius 2 is 2.21 bits per heavy atom. The van der Waals surface area contributed by atoms with Crippen molar-refractivity contribution in [2.75, 3.05) is 0 Å². The molecule has 24 heavy (non-hydrogen) atoms. The second kappa shape index (κ2) is 6.88. The van der Waals surface area contributed by atoms with Crippen LogP contribution in [0, 0.1) is 5.82 Å². The Hall–Kier alpha value is -2.61. The van der Waals surface area contributed by atoms with E-state index in [9.17, 15) is 9.18 Å². The number of esters is 1. The van der Waals surface area contributed by atoms with E-state index in [0.717, 1.165) is 0 Å². The molecule has 3 rings (SSSR count). The zero-order valence-electron chi connectivity index (χ0n) is 12.4. The van der Waals surface area contributed by atoms with Gasteiger partial charge in [-0.2, -0.15) is 4.98 Å². The number of carbonyl (C=O) groups is 1. The summed E-state index contributed by atoms with van der Waals surface area (Å²) in [6.07, 6.45) is 2.39. The molecule has 122 valence electrons. The molecule has 0 aliphatic carbocycles. The fourth-order valence-corrected chi connectivity index (χ4v) is 2.30. The number of hydrogen-bond acceptors (Lipinski definition) is 6. The number of nitrogens with zero attached hydrogens (tertiary/aromatic N) is 3. The van der Waals surface area contributed by atoms with Crippen molar-refractivity contribution in [2.45, 2.75) is 13.0 Å². The standard InChI is InChI=1S/C16H11BrFN3O3/c1-9(23-16(22)12-7-11(17)4-5-13(12)18)15-20-14(21-24-15)10-3-2-6-19-8-10/h2-9H,1H3. The van der Waals surface area contributed by atoms with Crippen LogP contribution in [-0.4, -0.2) is 21.1 Å². The van der Waals surface area contributed by atoms with Gasteiger partial charge in [0.25, 0.3) is 5.89 Å². The summed E-state index contributed by atoms with van der Waals surface area (Å²) < 4.78 is 24.6. The lowest BCUT2D eigenvalue weighted by atomic mass is 10.2. The quantitative estimate of drug-likeness (QED) is 0.626. The molecule has 0 aliphatic rings. The van der Waals surface area contributed by atoms with Crippen molar-refractivity contribution in [3.63, 3.8) is 0 Å². The summed E-state index contributed by atoms with van der Waals surface area (Å²) >= 11 is 3.18. The molecule has 0 saturated heterocycles. The number of halogens is 2. The van der Waals surface area contributed by atoms with Crippen LogP contribution in [0.3, 0.4) is 0 Å². The van der Waals surface area contributed by atoms with Gasteiger partial charge in [0.2, 0.25) is 5.82 Å². The molecule has 2 heterocycles. The summed E-state index contributed by atoms with van der Waals surface area (Å²) in [5.74, 6) is -1.05. The first-order chi connectivity index (χ1) is 11.5. The maximum atomic E-state index is 13.7. The third-order valence-electron chi connectivity index (χ3n) is 3.14. The number of carbonyl (C=O) groups excluding carboxylic acids is 1. The van der Waals surface area contributed by atoms with Crippen LogP contribution < -0.4 is 0 Å². The van der Waals surface area contributed by atoms with Crippen molar-refractivity contribution in [3.05, 3.63) is 64.5 Å². The van der Waals surface area contributed by atoms with Gasteiger partial charge in [-0.25, -0.2) is 9.18 Å². The summed E-state index contributed by atoms with van der Waals surface area (Å²) in [4.78, 5) is 20.2. The molecule has 0 radical (unpaired) electrons. The third kappa shape index (κ3) is 3.48. The van der Waals surface area contributed by atoms with Crippen LogP contribution in [0.2, 0.25) is 0 Å². The van der Waals surface area contributed by atoms with Crippen molar-refractivity contribution in [3.8, 4) is 11.4 Å². The molecule has 0 amide bonds. The van der Waals surface area contributed by atoms with E-state index in [-0.39, 0.29) is 11.5 Å². The zero-order chi connectivity index (χ0) is 17.1. The van der Waals surface area contributed by atoms with Crippen molar-refractivity contribution >= 4 is 21.9 Å². The smallest absolute Gasteiger partial charge is 0.341 e. The van der Waals surface area contributed by atoms with Crippen LogP contribution in [0.5, 0.6) is 0 Å². The summed E-state index contributed by atoms with van der Waals surface area (Å²) in [7, 11) is 0. The first kappa shape index (κ1) is 16.3. The van der Waals surface area contributed by atoms with Gasteiger partial charge in [0.1, 0.15) is 5.82 Å². The molecule has 1 atom stereocenters. The SMILES string of the molecule is CC(OC(=O)c1cc(Br)ccc1F)c1nc(-c2cccnc2)no1. The number of ether oxygens (including phenoxy) is 1. The second-order valence-corrected chi connectivity index (χ2v) is 5.79. The Labute approximate surface area is 144 Å². The molecule has 0 fully saturated rings. The zero-order valence-corrected chi connectivity index (χ0v) is 14.0. The van der Waals surface area contributed by atoms with Gasteiger partial charge in [-0.05, 0) is 37.3 Å². The highest BCUT2D eigenvalue weighted by molar-refractivity contribution is 9.10. The average Bonchev–Trinajstić information content (AvgIpc) is 3.08. The van der Waals surface area contributed by atoms with Crippen LogP contribution >= 0.6 is 15.9 Å². The van der Waals surface area contributed by atoms with Crippen molar-refractivity contribution in [2.24, 2.45) is 0 Å². The van der Waals surface area contributed by atoms with Gasteiger partial charge in [0.15, 0.2) is 6.10 Å². The predicted octanol–water partition coefficient (Wildman–Crippen LogP) is 3.95. The lowest BCUT2D eigenvalue weighted by molar-refractivity contribution is 0.0260.